The van der Waals surface area contributed by atoms with Gasteiger partial charge in [0.15, 0.2) is 5.79 Å². The Labute approximate surface area is 103 Å². The van der Waals surface area contributed by atoms with Gasteiger partial charge in [-0.05, 0) is 30.0 Å². The van der Waals surface area contributed by atoms with Crippen molar-refractivity contribution in [2.45, 2.75) is 38.6 Å². The second-order valence-corrected chi connectivity index (χ2v) is 4.42. The number of rotatable bonds is 5. The molecule has 0 saturated heterocycles. The van der Waals surface area contributed by atoms with Gasteiger partial charge in [-0.25, -0.2) is 0 Å². The van der Waals surface area contributed by atoms with Gasteiger partial charge in [0.05, 0.1) is 6.61 Å². The van der Waals surface area contributed by atoms with Crippen LogP contribution in [0.1, 0.15) is 30.9 Å². The van der Waals surface area contributed by atoms with Crippen LogP contribution in [0.5, 0.6) is 0 Å². The van der Waals surface area contributed by atoms with E-state index in [2.05, 4.69) is 37.3 Å². The summed E-state index contributed by atoms with van der Waals surface area (Å²) in [7, 11) is 1.70. The molecule has 1 aromatic carbocycles. The maximum Gasteiger partial charge on any atom is 0.188 e. The summed E-state index contributed by atoms with van der Waals surface area (Å²) in [5.41, 5.74) is 2.55. The molecule has 2 rings (SSSR count). The number of methoxy groups -OCH3 is 1. The van der Waals surface area contributed by atoms with Crippen LogP contribution in [-0.4, -0.2) is 12.9 Å². The van der Waals surface area contributed by atoms with Gasteiger partial charge in [0.2, 0.25) is 0 Å². The zero-order chi connectivity index (χ0) is 12.1. The van der Waals surface area contributed by atoms with Crippen molar-refractivity contribution in [2.75, 3.05) is 7.11 Å². The molecule has 0 bridgehead atoms. The SMILES string of the molecule is CCc1ccc(COC2(OC)C=CCC2)cc1. The van der Waals surface area contributed by atoms with E-state index in [0.717, 1.165) is 19.3 Å². The first-order valence-electron chi connectivity index (χ1n) is 6.22. The lowest BCUT2D eigenvalue weighted by Crippen LogP contribution is -2.29. The van der Waals surface area contributed by atoms with E-state index < -0.39 is 5.79 Å². The van der Waals surface area contributed by atoms with E-state index in [1.54, 1.807) is 7.11 Å². The van der Waals surface area contributed by atoms with Gasteiger partial charge in [0.1, 0.15) is 0 Å². The predicted molar refractivity (Wildman–Crippen MR) is 68.7 cm³/mol. The Morgan fingerprint density at radius 3 is 2.41 bits per heavy atom. The van der Waals surface area contributed by atoms with Crippen LogP contribution in [0, 0.1) is 0 Å². The first-order valence-corrected chi connectivity index (χ1v) is 6.22. The summed E-state index contributed by atoms with van der Waals surface area (Å²) in [6.07, 6.45) is 7.15. The van der Waals surface area contributed by atoms with Crippen LogP contribution in [0.4, 0.5) is 0 Å². The third-order valence-corrected chi connectivity index (χ3v) is 3.29. The minimum atomic E-state index is -0.497. The van der Waals surface area contributed by atoms with Crippen LogP contribution in [0.25, 0.3) is 0 Å². The summed E-state index contributed by atoms with van der Waals surface area (Å²) in [6.45, 7) is 2.76. The lowest BCUT2D eigenvalue weighted by Gasteiger charge is -2.26. The Hall–Kier alpha value is -1.12. The number of hydrogen-bond donors (Lipinski definition) is 0. The van der Waals surface area contributed by atoms with Crippen LogP contribution in [0.2, 0.25) is 0 Å². The molecule has 17 heavy (non-hydrogen) atoms. The summed E-state index contributed by atoms with van der Waals surface area (Å²) in [6, 6.07) is 8.56. The van der Waals surface area contributed by atoms with E-state index in [1.165, 1.54) is 11.1 Å². The average molecular weight is 232 g/mol. The lowest BCUT2D eigenvalue weighted by molar-refractivity contribution is -0.194. The molecule has 2 heteroatoms. The van der Waals surface area contributed by atoms with Crippen LogP contribution in [-0.2, 0) is 22.5 Å². The number of aryl methyl sites for hydroxylation is 1. The van der Waals surface area contributed by atoms with Crippen molar-refractivity contribution in [1.29, 1.82) is 0 Å². The summed E-state index contributed by atoms with van der Waals surface area (Å²) in [5.74, 6) is -0.497. The average Bonchev–Trinajstić information content (AvgIpc) is 2.86. The smallest absolute Gasteiger partial charge is 0.188 e. The van der Waals surface area contributed by atoms with Crippen molar-refractivity contribution in [2.24, 2.45) is 0 Å². The molecule has 0 radical (unpaired) electrons. The third kappa shape index (κ3) is 2.96. The van der Waals surface area contributed by atoms with Crippen molar-refractivity contribution in [3.05, 3.63) is 47.5 Å². The van der Waals surface area contributed by atoms with E-state index in [0.29, 0.717) is 6.61 Å². The quantitative estimate of drug-likeness (QED) is 0.572. The third-order valence-electron chi connectivity index (χ3n) is 3.29. The summed E-state index contributed by atoms with van der Waals surface area (Å²) in [4.78, 5) is 0. The molecule has 0 spiro atoms. The zero-order valence-corrected chi connectivity index (χ0v) is 10.6. The summed E-state index contributed by atoms with van der Waals surface area (Å²) >= 11 is 0. The van der Waals surface area contributed by atoms with Gasteiger partial charge in [-0.2, -0.15) is 0 Å². The Morgan fingerprint density at radius 2 is 1.88 bits per heavy atom. The van der Waals surface area contributed by atoms with Crippen molar-refractivity contribution >= 4 is 0 Å². The number of benzene rings is 1. The second-order valence-electron chi connectivity index (χ2n) is 4.42. The first kappa shape index (κ1) is 12.3. The minimum absolute atomic E-state index is 0.497. The van der Waals surface area contributed by atoms with Gasteiger partial charge in [-0.3, -0.25) is 0 Å². The van der Waals surface area contributed by atoms with Crippen molar-refractivity contribution in [3.63, 3.8) is 0 Å². The molecule has 0 N–H and O–H groups in total. The van der Waals surface area contributed by atoms with Gasteiger partial charge >= 0.3 is 0 Å². The fourth-order valence-electron chi connectivity index (χ4n) is 2.06. The highest BCUT2D eigenvalue weighted by Crippen LogP contribution is 2.28. The molecular weight excluding hydrogens is 212 g/mol. The molecule has 0 amide bonds. The molecule has 0 aliphatic heterocycles. The highest BCUT2D eigenvalue weighted by atomic mass is 16.7. The highest BCUT2D eigenvalue weighted by Gasteiger charge is 2.30. The van der Waals surface area contributed by atoms with Gasteiger partial charge in [0.25, 0.3) is 0 Å². The van der Waals surface area contributed by atoms with Gasteiger partial charge in [-0.15, -0.1) is 0 Å². The molecule has 0 saturated carbocycles. The molecule has 0 heterocycles. The van der Waals surface area contributed by atoms with E-state index in [-0.39, 0.29) is 0 Å². The van der Waals surface area contributed by atoms with Gasteiger partial charge in [-0.1, -0.05) is 37.3 Å². The number of allylic oxidation sites excluding steroid dienone is 1. The topological polar surface area (TPSA) is 18.5 Å². The Kier molecular flexibility index (Phi) is 3.97. The van der Waals surface area contributed by atoms with Crippen LogP contribution < -0.4 is 0 Å². The van der Waals surface area contributed by atoms with Crippen molar-refractivity contribution < 1.29 is 9.47 Å². The molecule has 1 aromatic rings. The predicted octanol–water partition coefficient (Wildman–Crippen LogP) is 3.46. The molecule has 0 fully saturated rings. The van der Waals surface area contributed by atoms with Crippen molar-refractivity contribution in [3.8, 4) is 0 Å². The van der Waals surface area contributed by atoms with E-state index in [4.69, 9.17) is 9.47 Å². The first-order chi connectivity index (χ1) is 8.28. The monoisotopic (exact) mass is 232 g/mol. The summed E-state index contributed by atoms with van der Waals surface area (Å²) in [5, 5.41) is 0. The maximum atomic E-state index is 5.89. The van der Waals surface area contributed by atoms with E-state index in [9.17, 15) is 0 Å². The van der Waals surface area contributed by atoms with Gasteiger partial charge < -0.3 is 9.47 Å². The molecule has 1 aliphatic rings. The standard InChI is InChI=1S/C15H20O2/c1-3-13-6-8-14(9-7-13)12-17-15(16-2)10-4-5-11-15/h4,6-10H,3,5,11-12H2,1-2H3. The van der Waals surface area contributed by atoms with Crippen LogP contribution in [0.15, 0.2) is 36.4 Å². The van der Waals surface area contributed by atoms with Crippen LogP contribution >= 0.6 is 0 Å². The molecule has 2 nitrogen and oxygen atoms in total. The zero-order valence-electron chi connectivity index (χ0n) is 10.6. The van der Waals surface area contributed by atoms with Gasteiger partial charge in [0, 0.05) is 13.5 Å². The normalized spacial score (nSPS) is 23.2. The fourth-order valence-corrected chi connectivity index (χ4v) is 2.06. The molecule has 1 aliphatic carbocycles. The molecular formula is C15H20O2. The Morgan fingerprint density at radius 1 is 1.18 bits per heavy atom. The van der Waals surface area contributed by atoms with E-state index >= 15 is 0 Å². The molecule has 1 atom stereocenters. The largest absolute Gasteiger partial charge is 0.350 e. The second kappa shape index (κ2) is 5.48. The van der Waals surface area contributed by atoms with Crippen molar-refractivity contribution in [1.82, 2.24) is 0 Å². The molecule has 92 valence electrons. The fraction of sp³-hybridized carbons (Fsp3) is 0.467. The maximum absolute atomic E-state index is 5.89. The number of ether oxygens (including phenoxy) is 2. The highest BCUT2D eigenvalue weighted by molar-refractivity contribution is 5.22. The lowest BCUT2D eigenvalue weighted by atomic mass is 10.1. The molecule has 0 aromatic heterocycles. The minimum Gasteiger partial charge on any atom is -0.350 e. The molecule has 1 unspecified atom stereocenters. The van der Waals surface area contributed by atoms with Crippen LogP contribution in [0.3, 0.4) is 0 Å². The number of hydrogen-bond acceptors (Lipinski definition) is 2. The Balaban J connectivity index is 1.94. The Bertz CT molecular complexity index is 380. The van der Waals surface area contributed by atoms with E-state index in [1.807, 2.05) is 6.08 Å². The summed E-state index contributed by atoms with van der Waals surface area (Å²) < 4.78 is 11.3.